The fraction of sp³-hybridized carbons (Fsp3) is 0.0625. The number of rotatable bonds is 3. The van der Waals surface area contributed by atoms with Crippen molar-refractivity contribution in [1.82, 2.24) is 4.98 Å². The molecule has 3 aromatic rings. The molecular formula is C16H12ClFN2S. The maximum Gasteiger partial charge on any atom is 0.124 e. The Morgan fingerprint density at radius 3 is 2.81 bits per heavy atom. The van der Waals surface area contributed by atoms with Crippen molar-refractivity contribution in [2.24, 2.45) is 5.73 Å². The molecule has 2 aromatic carbocycles. The van der Waals surface area contributed by atoms with E-state index in [0.29, 0.717) is 11.6 Å². The van der Waals surface area contributed by atoms with E-state index < -0.39 is 0 Å². The van der Waals surface area contributed by atoms with Crippen molar-refractivity contribution in [3.63, 3.8) is 0 Å². The van der Waals surface area contributed by atoms with E-state index in [2.05, 4.69) is 4.98 Å². The number of hydrogen-bond acceptors (Lipinski definition) is 3. The van der Waals surface area contributed by atoms with Crippen molar-refractivity contribution in [3.8, 4) is 21.8 Å². The smallest absolute Gasteiger partial charge is 0.124 e. The monoisotopic (exact) mass is 318 g/mol. The van der Waals surface area contributed by atoms with Gasteiger partial charge in [0.2, 0.25) is 0 Å². The van der Waals surface area contributed by atoms with Gasteiger partial charge in [0.25, 0.3) is 0 Å². The summed E-state index contributed by atoms with van der Waals surface area (Å²) in [6.07, 6.45) is 0. The first-order valence-electron chi connectivity index (χ1n) is 6.37. The predicted molar refractivity (Wildman–Crippen MR) is 85.8 cm³/mol. The van der Waals surface area contributed by atoms with Gasteiger partial charge in [0, 0.05) is 23.1 Å². The fourth-order valence-electron chi connectivity index (χ4n) is 2.06. The van der Waals surface area contributed by atoms with E-state index in [4.69, 9.17) is 17.3 Å². The quantitative estimate of drug-likeness (QED) is 0.758. The van der Waals surface area contributed by atoms with E-state index in [1.807, 2.05) is 29.6 Å². The Balaban J connectivity index is 1.99. The lowest BCUT2D eigenvalue weighted by Gasteiger charge is -2.01. The van der Waals surface area contributed by atoms with E-state index in [9.17, 15) is 4.39 Å². The highest BCUT2D eigenvalue weighted by molar-refractivity contribution is 7.13. The topological polar surface area (TPSA) is 38.9 Å². The van der Waals surface area contributed by atoms with Gasteiger partial charge in [-0.2, -0.15) is 0 Å². The van der Waals surface area contributed by atoms with Gasteiger partial charge in [0.1, 0.15) is 10.8 Å². The summed E-state index contributed by atoms with van der Waals surface area (Å²) in [6.45, 7) is 0.496. The van der Waals surface area contributed by atoms with Crippen LogP contribution in [0.3, 0.4) is 0 Å². The van der Waals surface area contributed by atoms with Gasteiger partial charge in [-0.05, 0) is 29.8 Å². The minimum atomic E-state index is -0.352. The molecule has 0 amide bonds. The van der Waals surface area contributed by atoms with Crippen LogP contribution in [-0.2, 0) is 6.54 Å². The van der Waals surface area contributed by atoms with Crippen LogP contribution in [0.15, 0.2) is 47.8 Å². The maximum atomic E-state index is 13.1. The van der Waals surface area contributed by atoms with Crippen LogP contribution >= 0.6 is 22.9 Å². The zero-order valence-corrected chi connectivity index (χ0v) is 12.6. The SMILES string of the molecule is NCc1cccc(-c2nc(-c3ccc(F)cc3Cl)cs2)c1. The molecule has 0 saturated carbocycles. The number of nitrogens with two attached hydrogens (primary N) is 1. The summed E-state index contributed by atoms with van der Waals surface area (Å²) in [5, 5.41) is 3.17. The van der Waals surface area contributed by atoms with Crippen molar-refractivity contribution in [3.05, 3.63) is 64.2 Å². The molecule has 0 saturated heterocycles. The summed E-state index contributed by atoms with van der Waals surface area (Å²) in [5.41, 5.74) is 9.22. The van der Waals surface area contributed by atoms with Crippen molar-refractivity contribution in [2.45, 2.75) is 6.54 Å². The fourth-order valence-corrected chi connectivity index (χ4v) is 3.14. The van der Waals surface area contributed by atoms with E-state index >= 15 is 0 Å². The van der Waals surface area contributed by atoms with Crippen molar-refractivity contribution < 1.29 is 4.39 Å². The van der Waals surface area contributed by atoms with E-state index in [1.165, 1.54) is 23.5 Å². The molecule has 0 fully saturated rings. The van der Waals surface area contributed by atoms with Crippen molar-refractivity contribution in [2.75, 3.05) is 0 Å². The normalized spacial score (nSPS) is 10.8. The van der Waals surface area contributed by atoms with Crippen LogP contribution in [0, 0.1) is 5.82 Å². The highest BCUT2D eigenvalue weighted by Crippen LogP contribution is 2.33. The second-order valence-electron chi connectivity index (χ2n) is 4.57. The molecule has 2 nitrogen and oxygen atoms in total. The molecule has 0 atom stereocenters. The Kier molecular flexibility index (Phi) is 4.01. The highest BCUT2D eigenvalue weighted by Gasteiger charge is 2.10. The second kappa shape index (κ2) is 5.93. The largest absolute Gasteiger partial charge is 0.326 e. The van der Waals surface area contributed by atoms with E-state index in [0.717, 1.165) is 27.4 Å². The molecule has 0 aliphatic rings. The lowest BCUT2D eigenvalue weighted by molar-refractivity contribution is 0.628. The number of halogens is 2. The summed E-state index contributed by atoms with van der Waals surface area (Å²) in [4.78, 5) is 4.59. The molecule has 0 aliphatic heterocycles. The summed E-state index contributed by atoms with van der Waals surface area (Å²) in [5.74, 6) is -0.352. The number of benzene rings is 2. The molecule has 1 heterocycles. The molecule has 5 heteroatoms. The second-order valence-corrected chi connectivity index (χ2v) is 5.83. The summed E-state index contributed by atoms with van der Waals surface area (Å²) in [6, 6.07) is 12.3. The standard InChI is InChI=1S/C16H12ClFN2S/c17-14-7-12(18)4-5-13(14)15-9-21-16(20-15)11-3-1-2-10(6-11)8-19/h1-7,9H,8,19H2. The van der Waals surface area contributed by atoms with Gasteiger partial charge in [0.05, 0.1) is 10.7 Å². The van der Waals surface area contributed by atoms with Gasteiger partial charge in [0.15, 0.2) is 0 Å². The van der Waals surface area contributed by atoms with Gasteiger partial charge in [-0.1, -0.05) is 29.8 Å². The Labute approximate surface area is 131 Å². The summed E-state index contributed by atoms with van der Waals surface area (Å²) < 4.78 is 13.1. The molecule has 2 N–H and O–H groups in total. The van der Waals surface area contributed by atoms with Gasteiger partial charge in [-0.25, -0.2) is 9.37 Å². The van der Waals surface area contributed by atoms with Gasteiger partial charge in [-0.15, -0.1) is 11.3 Å². The minimum absolute atomic E-state index is 0.352. The average molecular weight is 319 g/mol. The van der Waals surface area contributed by atoms with Crippen LogP contribution < -0.4 is 5.73 Å². The number of thiazole rings is 1. The predicted octanol–water partition coefficient (Wildman–Crippen LogP) is 4.73. The third-order valence-corrected chi connectivity index (χ3v) is 4.32. The van der Waals surface area contributed by atoms with Crippen LogP contribution in [0.5, 0.6) is 0 Å². The third kappa shape index (κ3) is 2.97. The molecular weight excluding hydrogens is 307 g/mol. The minimum Gasteiger partial charge on any atom is -0.326 e. The Morgan fingerprint density at radius 1 is 1.19 bits per heavy atom. The molecule has 3 rings (SSSR count). The molecule has 0 bridgehead atoms. The zero-order valence-electron chi connectivity index (χ0n) is 11.0. The molecule has 106 valence electrons. The average Bonchev–Trinajstić information content (AvgIpc) is 2.97. The Morgan fingerprint density at radius 2 is 2.05 bits per heavy atom. The van der Waals surface area contributed by atoms with Crippen LogP contribution in [0.25, 0.3) is 21.8 Å². The number of hydrogen-bond donors (Lipinski definition) is 1. The van der Waals surface area contributed by atoms with Crippen LogP contribution in [0.1, 0.15) is 5.56 Å². The lowest BCUT2D eigenvalue weighted by atomic mass is 10.1. The van der Waals surface area contributed by atoms with Gasteiger partial charge >= 0.3 is 0 Å². The lowest BCUT2D eigenvalue weighted by Crippen LogP contribution is -1.95. The first kappa shape index (κ1) is 14.2. The van der Waals surface area contributed by atoms with E-state index in [-0.39, 0.29) is 5.82 Å². The van der Waals surface area contributed by atoms with E-state index in [1.54, 1.807) is 6.07 Å². The number of nitrogens with zero attached hydrogens (tertiary/aromatic N) is 1. The van der Waals surface area contributed by atoms with Crippen LogP contribution in [0.4, 0.5) is 4.39 Å². The molecule has 21 heavy (non-hydrogen) atoms. The van der Waals surface area contributed by atoms with Gasteiger partial charge in [-0.3, -0.25) is 0 Å². The summed E-state index contributed by atoms with van der Waals surface area (Å²) in [7, 11) is 0. The third-order valence-electron chi connectivity index (χ3n) is 3.12. The molecule has 1 aromatic heterocycles. The summed E-state index contributed by atoms with van der Waals surface area (Å²) >= 11 is 7.60. The Bertz CT molecular complexity index is 785. The molecule has 0 unspecified atom stereocenters. The zero-order chi connectivity index (χ0) is 14.8. The maximum absolute atomic E-state index is 13.1. The first-order valence-corrected chi connectivity index (χ1v) is 7.63. The highest BCUT2D eigenvalue weighted by atomic mass is 35.5. The molecule has 0 aliphatic carbocycles. The van der Waals surface area contributed by atoms with Crippen LogP contribution in [0.2, 0.25) is 5.02 Å². The Hall–Kier alpha value is -1.75. The van der Waals surface area contributed by atoms with Gasteiger partial charge < -0.3 is 5.73 Å². The number of aromatic nitrogens is 1. The first-order chi connectivity index (χ1) is 10.2. The van der Waals surface area contributed by atoms with Crippen LogP contribution in [-0.4, -0.2) is 4.98 Å². The molecule has 0 spiro atoms. The van der Waals surface area contributed by atoms with Crippen molar-refractivity contribution >= 4 is 22.9 Å². The molecule has 0 radical (unpaired) electrons. The van der Waals surface area contributed by atoms with Crippen molar-refractivity contribution in [1.29, 1.82) is 0 Å².